The first-order chi connectivity index (χ1) is 13.0. The van der Waals surface area contributed by atoms with E-state index in [-0.39, 0.29) is 17.9 Å². The molecule has 0 bridgehead atoms. The lowest BCUT2D eigenvalue weighted by molar-refractivity contribution is -0.128. The summed E-state index contributed by atoms with van der Waals surface area (Å²) in [5.41, 5.74) is 2.60. The third-order valence-corrected chi connectivity index (χ3v) is 4.75. The van der Waals surface area contributed by atoms with Gasteiger partial charge in [-0.05, 0) is 30.9 Å². The number of hydrogen-bond donors (Lipinski definition) is 1. The smallest absolute Gasteiger partial charge is 0.269 e. The number of nitrogens with zero attached hydrogens (tertiary/aromatic N) is 3. The second-order valence-electron chi connectivity index (χ2n) is 7.57. The molecule has 1 saturated heterocycles. The molecule has 1 fully saturated rings. The quantitative estimate of drug-likeness (QED) is 0.817. The van der Waals surface area contributed by atoms with Crippen LogP contribution in [0.25, 0.3) is 0 Å². The Morgan fingerprint density at radius 1 is 1.30 bits per heavy atom. The van der Waals surface area contributed by atoms with Crippen molar-refractivity contribution in [3.05, 3.63) is 53.3 Å². The van der Waals surface area contributed by atoms with Crippen LogP contribution in [-0.2, 0) is 24.3 Å². The largest absolute Gasteiger partial charge is 0.346 e. The van der Waals surface area contributed by atoms with Crippen LogP contribution in [0.3, 0.4) is 0 Å². The number of hydrogen-bond acceptors (Lipinski definition) is 3. The lowest BCUT2D eigenvalue weighted by Crippen LogP contribution is -2.38. The molecule has 3 rings (SSSR count). The molecule has 1 aliphatic heterocycles. The molecule has 0 radical (unpaired) electrons. The Balaban J connectivity index is 1.63. The number of benzene rings is 1. The van der Waals surface area contributed by atoms with Crippen LogP contribution in [0.2, 0.25) is 0 Å². The van der Waals surface area contributed by atoms with Gasteiger partial charge in [0.25, 0.3) is 5.91 Å². The Bertz CT molecular complexity index is 798. The standard InChI is InChI=1S/C21H28N4O2/c1-4-25-19(11-17(23-25)10-15(2)3)21(27)22-18-12-20(26)24(14-18)13-16-8-6-5-7-9-16/h5-9,11,15,18H,4,10,12-14H2,1-3H3,(H,22,27). The van der Waals surface area contributed by atoms with Gasteiger partial charge in [-0.15, -0.1) is 0 Å². The van der Waals surface area contributed by atoms with Crippen LogP contribution < -0.4 is 5.32 Å². The van der Waals surface area contributed by atoms with E-state index in [4.69, 9.17) is 0 Å². The zero-order valence-corrected chi connectivity index (χ0v) is 16.3. The molecular formula is C21H28N4O2. The normalized spacial score (nSPS) is 17.0. The van der Waals surface area contributed by atoms with Crippen LogP contribution in [0, 0.1) is 5.92 Å². The third-order valence-electron chi connectivity index (χ3n) is 4.75. The van der Waals surface area contributed by atoms with Crippen LogP contribution in [-0.4, -0.2) is 39.1 Å². The van der Waals surface area contributed by atoms with E-state index in [0.29, 0.717) is 37.7 Å². The zero-order valence-electron chi connectivity index (χ0n) is 16.3. The number of aryl methyl sites for hydroxylation is 1. The Morgan fingerprint density at radius 3 is 2.70 bits per heavy atom. The van der Waals surface area contributed by atoms with Crippen molar-refractivity contribution in [2.24, 2.45) is 5.92 Å². The number of carbonyl (C=O) groups is 2. The summed E-state index contributed by atoms with van der Waals surface area (Å²) in [7, 11) is 0. The van der Waals surface area contributed by atoms with Crippen molar-refractivity contribution in [1.29, 1.82) is 0 Å². The Labute approximate surface area is 160 Å². The molecule has 6 heteroatoms. The molecule has 144 valence electrons. The molecule has 2 heterocycles. The number of carbonyl (C=O) groups excluding carboxylic acids is 2. The van der Waals surface area contributed by atoms with Crippen molar-refractivity contribution in [2.75, 3.05) is 6.54 Å². The summed E-state index contributed by atoms with van der Waals surface area (Å²) >= 11 is 0. The average Bonchev–Trinajstić information content (AvgIpc) is 3.18. The number of likely N-dealkylation sites (tertiary alicyclic amines) is 1. The maximum absolute atomic E-state index is 12.7. The van der Waals surface area contributed by atoms with Crippen LogP contribution in [0.4, 0.5) is 0 Å². The van der Waals surface area contributed by atoms with Crippen molar-refractivity contribution >= 4 is 11.8 Å². The summed E-state index contributed by atoms with van der Waals surface area (Å²) in [6.45, 7) is 8.01. The predicted octanol–water partition coefficient (Wildman–Crippen LogP) is 2.63. The molecular weight excluding hydrogens is 340 g/mol. The van der Waals surface area contributed by atoms with Gasteiger partial charge in [-0.25, -0.2) is 0 Å². The number of rotatable bonds is 7. The van der Waals surface area contributed by atoms with Gasteiger partial charge in [0.1, 0.15) is 5.69 Å². The van der Waals surface area contributed by atoms with E-state index >= 15 is 0 Å². The van der Waals surface area contributed by atoms with Gasteiger partial charge in [0.05, 0.1) is 11.7 Å². The Kier molecular flexibility index (Phi) is 5.94. The van der Waals surface area contributed by atoms with Crippen LogP contribution >= 0.6 is 0 Å². The first-order valence-corrected chi connectivity index (χ1v) is 9.65. The van der Waals surface area contributed by atoms with E-state index in [1.54, 1.807) is 4.68 Å². The summed E-state index contributed by atoms with van der Waals surface area (Å²) in [6, 6.07) is 11.6. The molecule has 0 aliphatic carbocycles. The first-order valence-electron chi connectivity index (χ1n) is 9.65. The van der Waals surface area contributed by atoms with Crippen molar-refractivity contribution in [3.8, 4) is 0 Å². The monoisotopic (exact) mass is 368 g/mol. The molecule has 0 spiro atoms. The van der Waals surface area contributed by atoms with Crippen LogP contribution in [0.1, 0.15) is 48.9 Å². The SMILES string of the molecule is CCn1nc(CC(C)C)cc1C(=O)NC1CC(=O)N(Cc2ccccc2)C1. The lowest BCUT2D eigenvalue weighted by atomic mass is 10.1. The number of aromatic nitrogens is 2. The van der Waals surface area contributed by atoms with Crippen molar-refractivity contribution in [3.63, 3.8) is 0 Å². The highest BCUT2D eigenvalue weighted by molar-refractivity contribution is 5.93. The highest BCUT2D eigenvalue weighted by Gasteiger charge is 2.31. The molecule has 6 nitrogen and oxygen atoms in total. The Morgan fingerprint density at radius 2 is 2.04 bits per heavy atom. The van der Waals surface area contributed by atoms with E-state index in [1.807, 2.05) is 48.2 Å². The average molecular weight is 368 g/mol. The fourth-order valence-corrected chi connectivity index (χ4v) is 3.50. The van der Waals surface area contributed by atoms with Gasteiger partial charge in [0.15, 0.2) is 0 Å². The Hall–Kier alpha value is -2.63. The number of amides is 2. The molecule has 1 N–H and O–H groups in total. The van der Waals surface area contributed by atoms with Crippen molar-refractivity contribution in [2.45, 2.75) is 52.7 Å². The first kappa shape index (κ1) is 19.1. The van der Waals surface area contributed by atoms with Gasteiger partial charge in [-0.1, -0.05) is 44.2 Å². The summed E-state index contributed by atoms with van der Waals surface area (Å²) in [5, 5.41) is 7.55. The molecule has 27 heavy (non-hydrogen) atoms. The van der Waals surface area contributed by atoms with Gasteiger partial charge in [0.2, 0.25) is 5.91 Å². The van der Waals surface area contributed by atoms with Gasteiger partial charge >= 0.3 is 0 Å². The molecule has 2 aromatic rings. The summed E-state index contributed by atoms with van der Waals surface area (Å²) < 4.78 is 1.74. The number of nitrogens with one attached hydrogen (secondary N) is 1. The maximum atomic E-state index is 12.7. The van der Waals surface area contributed by atoms with Gasteiger partial charge in [-0.2, -0.15) is 5.10 Å². The minimum atomic E-state index is -0.164. The van der Waals surface area contributed by atoms with Crippen molar-refractivity contribution < 1.29 is 9.59 Å². The fourth-order valence-electron chi connectivity index (χ4n) is 3.50. The van der Waals surface area contributed by atoms with E-state index in [1.165, 1.54) is 0 Å². The molecule has 1 atom stereocenters. The van der Waals surface area contributed by atoms with Crippen LogP contribution in [0.15, 0.2) is 36.4 Å². The zero-order chi connectivity index (χ0) is 19.4. The van der Waals surface area contributed by atoms with E-state index < -0.39 is 0 Å². The molecule has 1 aromatic carbocycles. The topological polar surface area (TPSA) is 67.2 Å². The highest BCUT2D eigenvalue weighted by Crippen LogP contribution is 2.16. The summed E-state index contributed by atoms with van der Waals surface area (Å²) in [4.78, 5) is 26.9. The summed E-state index contributed by atoms with van der Waals surface area (Å²) in [6.07, 6.45) is 1.19. The van der Waals surface area contributed by atoms with Gasteiger partial charge < -0.3 is 10.2 Å². The van der Waals surface area contributed by atoms with E-state index in [0.717, 1.165) is 17.7 Å². The van der Waals surface area contributed by atoms with E-state index in [9.17, 15) is 9.59 Å². The second kappa shape index (κ2) is 8.37. The molecule has 1 aliphatic rings. The minimum Gasteiger partial charge on any atom is -0.346 e. The minimum absolute atomic E-state index is 0.0775. The third kappa shape index (κ3) is 4.76. The summed E-state index contributed by atoms with van der Waals surface area (Å²) in [5.74, 6) is 0.410. The molecule has 2 amide bonds. The fraction of sp³-hybridized carbons (Fsp3) is 0.476. The molecule has 1 unspecified atom stereocenters. The highest BCUT2D eigenvalue weighted by atomic mass is 16.2. The second-order valence-corrected chi connectivity index (χ2v) is 7.57. The maximum Gasteiger partial charge on any atom is 0.269 e. The molecule has 0 saturated carbocycles. The van der Waals surface area contributed by atoms with Gasteiger partial charge in [0, 0.05) is 26.1 Å². The van der Waals surface area contributed by atoms with Crippen molar-refractivity contribution in [1.82, 2.24) is 20.0 Å². The lowest BCUT2D eigenvalue weighted by Gasteiger charge is -2.17. The van der Waals surface area contributed by atoms with Gasteiger partial charge in [-0.3, -0.25) is 14.3 Å². The molecule has 1 aromatic heterocycles. The predicted molar refractivity (Wildman–Crippen MR) is 104 cm³/mol. The van der Waals surface area contributed by atoms with E-state index in [2.05, 4.69) is 24.3 Å². The van der Waals surface area contributed by atoms with Crippen LogP contribution in [0.5, 0.6) is 0 Å².